The molecule has 1 aliphatic heterocycles. The van der Waals surface area contributed by atoms with Crippen LogP contribution in [0.2, 0.25) is 0 Å². The maximum absolute atomic E-state index is 12.4. The third-order valence-corrected chi connectivity index (χ3v) is 5.02. The van der Waals surface area contributed by atoms with E-state index in [0.29, 0.717) is 45.1 Å². The average molecular weight is 428 g/mol. The molecule has 0 atom stereocenters. The molecular formula is C23H28N2O6. The number of carbonyl (C=O) groups excluding carboxylic acids is 2. The van der Waals surface area contributed by atoms with E-state index in [9.17, 15) is 14.4 Å². The molecule has 1 aromatic carbocycles. The zero-order valence-electron chi connectivity index (χ0n) is 18.2. The molecule has 1 fully saturated rings. The first-order chi connectivity index (χ1) is 14.9. The summed E-state index contributed by atoms with van der Waals surface area (Å²) in [5, 5.41) is 0. The van der Waals surface area contributed by atoms with Gasteiger partial charge in [0.15, 0.2) is 0 Å². The third-order valence-electron chi connectivity index (χ3n) is 5.02. The number of esters is 1. The molecule has 8 heteroatoms. The van der Waals surface area contributed by atoms with E-state index in [1.807, 2.05) is 26.0 Å². The number of benzene rings is 1. The van der Waals surface area contributed by atoms with Crippen LogP contribution >= 0.6 is 0 Å². The fraction of sp³-hybridized carbons (Fsp3) is 0.435. The van der Waals surface area contributed by atoms with E-state index in [2.05, 4.69) is 11.0 Å². The molecule has 8 nitrogen and oxygen atoms in total. The molecule has 0 N–H and O–H groups in total. The topological polar surface area (TPSA) is 89.3 Å². The summed E-state index contributed by atoms with van der Waals surface area (Å²) in [6.07, 6.45) is 1.35. The van der Waals surface area contributed by atoms with E-state index in [0.717, 1.165) is 16.7 Å². The van der Waals surface area contributed by atoms with E-state index in [4.69, 9.17) is 13.9 Å². The maximum Gasteiger partial charge on any atom is 0.397 e. The van der Waals surface area contributed by atoms with Gasteiger partial charge in [0.05, 0.1) is 13.2 Å². The van der Waals surface area contributed by atoms with Crippen LogP contribution in [0.4, 0.5) is 0 Å². The molecule has 166 valence electrons. The highest BCUT2D eigenvalue weighted by Crippen LogP contribution is 2.14. The number of piperazine rings is 1. The van der Waals surface area contributed by atoms with Crippen molar-refractivity contribution in [3.05, 3.63) is 63.2 Å². The summed E-state index contributed by atoms with van der Waals surface area (Å²) in [6, 6.07) is 7.57. The lowest BCUT2D eigenvalue weighted by Gasteiger charge is -2.33. The van der Waals surface area contributed by atoms with Gasteiger partial charge in [-0.25, -0.2) is 4.79 Å². The van der Waals surface area contributed by atoms with Crippen molar-refractivity contribution in [1.82, 2.24) is 9.80 Å². The number of nitrogens with zero attached hydrogens (tertiary/aromatic N) is 2. The van der Waals surface area contributed by atoms with E-state index in [1.54, 1.807) is 6.92 Å². The van der Waals surface area contributed by atoms with Gasteiger partial charge in [0.25, 0.3) is 0 Å². The van der Waals surface area contributed by atoms with Crippen LogP contribution in [0, 0.1) is 13.8 Å². The van der Waals surface area contributed by atoms with Crippen molar-refractivity contribution in [2.75, 3.05) is 32.8 Å². The lowest BCUT2D eigenvalue weighted by molar-refractivity contribution is -0.160. The minimum absolute atomic E-state index is 0.174. The van der Waals surface area contributed by atoms with Crippen molar-refractivity contribution in [2.45, 2.75) is 33.9 Å². The fourth-order valence-corrected chi connectivity index (χ4v) is 3.59. The highest BCUT2D eigenvalue weighted by atomic mass is 16.5. The van der Waals surface area contributed by atoms with Crippen molar-refractivity contribution in [1.29, 1.82) is 0 Å². The van der Waals surface area contributed by atoms with Gasteiger partial charge in [0, 0.05) is 32.2 Å². The van der Waals surface area contributed by atoms with Crippen LogP contribution in [0.1, 0.15) is 29.4 Å². The van der Waals surface area contributed by atoms with Crippen LogP contribution < -0.4 is 10.2 Å². The standard InChI is InChI=1S/C23H28N2O6/c1-4-29-23(28)22(27)25-7-5-24(6-8-25)13-19-12-20(26)21(15-30-19)31-14-18-10-16(2)9-17(3)11-18/h9-12,15H,4-8,13-14H2,1-3H3. The van der Waals surface area contributed by atoms with Crippen LogP contribution in [-0.4, -0.2) is 54.5 Å². The summed E-state index contributed by atoms with van der Waals surface area (Å²) < 4.78 is 16.0. The second-order valence-electron chi connectivity index (χ2n) is 7.65. The first-order valence-electron chi connectivity index (χ1n) is 10.4. The Morgan fingerprint density at radius 1 is 1.03 bits per heavy atom. The second kappa shape index (κ2) is 10.3. The molecule has 31 heavy (non-hydrogen) atoms. The van der Waals surface area contributed by atoms with Gasteiger partial charge < -0.3 is 18.8 Å². The normalized spacial score (nSPS) is 14.4. The monoisotopic (exact) mass is 428 g/mol. The molecule has 1 aliphatic rings. The first-order valence-corrected chi connectivity index (χ1v) is 10.4. The zero-order chi connectivity index (χ0) is 22.4. The summed E-state index contributed by atoms with van der Waals surface area (Å²) in [4.78, 5) is 39.5. The van der Waals surface area contributed by atoms with Crippen molar-refractivity contribution in [3.8, 4) is 5.75 Å². The minimum Gasteiger partial charge on any atom is -0.482 e. The Hall–Kier alpha value is -3.13. The molecular weight excluding hydrogens is 400 g/mol. The zero-order valence-corrected chi connectivity index (χ0v) is 18.2. The third kappa shape index (κ3) is 6.18. The molecule has 0 unspecified atom stereocenters. The lowest BCUT2D eigenvalue weighted by Crippen LogP contribution is -2.50. The molecule has 2 aromatic rings. The van der Waals surface area contributed by atoms with Gasteiger partial charge in [-0.3, -0.25) is 14.5 Å². The maximum atomic E-state index is 12.4. The van der Waals surface area contributed by atoms with Gasteiger partial charge in [-0.1, -0.05) is 29.3 Å². The fourth-order valence-electron chi connectivity index (χ4n) is 3.59. The van der Waals surface area contributed by atoms with E-state index in [-0.39, 0.29) is 17.8 Å². The number of ether oxygens (including phenoxy) is 2. The molecule has 0 spiro atoms. The number of aryl methyl sites for hydroxylation is 2. The Bertz CT molecular complexity index is 972. The van der Waals surface area contributed by atoms with E-state index in [1.165, 1.54) is 17.2 Å². The molecule has 0 bridgehead atoms. The molecule has 2 heterocycles. The summed E-state index contributed by atoms with van der Waals surface area (Å²) in [5.74, 6) is -0.738. The summed E-state index contributed by atoms with van der Waals surface area (Å²) in [7, 11) is 0. The smallest absolute Gasteiger partial charge is 0.397 e. The van der Waals surface area contributed by atoms with Crippen LogP contribution in [0.15, 0.2) is 39.7 Å². The largest absolute Gasteiger partial charge is 0.482 e. The highest BCUT2D eigenvalue weighted by molar-refractivity contribution is 6.32. The number of amides is 1. The Balaban J connectivity index is 1.52. The molecule has 1 amide bonds. The molecule has 0 aliphatic carbocycles. The molecule has 3 rings (SSSR count). The number of hydrogen-bond donors (Lipinski definition) is 0. The van der Waals surface area contributed by atoms with Crippen LogP contribution in [-0.2, 0) is 27.5 Å². The van der Waals surface area contributed by atoms with Gasteiger partial charge >= 0.3 is 11.9 Å². The molecule has 1 aromatic heterocycles. The quantitative estimate of drug-likeness (QED) is 0.514. The van der Waals surface area contributed by atoms with Gasteiger partial charge in [-0.2, -0.15) is 0 Å². The summed E-state index contributed by atoms with van der Waals surface area (Å²) in [6.45, 7) is 8.58. The Labute approximate surface area is 181 Å². The van der Waals surface area contributed by atoms with Gasteiger partial charge in [0.2, 0.25) is 11.2 Å². The lowest BCUT2D eigenvalue weighted by atomic mass is 10.1. The first kappa shape index (κ1) is 22.6. The number of hydrogen-bond acceptors (Lipinski definition) is 7. The van der Waals surface area contributed by atoms with Crippen LogP contribution in [0.5, 0.6) is 5.75 Å². The van der Waals surface area contributed by atoms with Crippen molar-refractivity contribution < 1.29 is 23.5 Å². The molecule has 0 saturated carbocycles. The SMILES string of the molecule is CCOC(=O)C(=O)N1CCN(Cc2cc(=O)c(OCc3cc(C)cc(C)c3)co2)CC1. The van der Waals surface area contributed by atoms with Gasteiger partial charge in [-0.05, 0) is 26.3 Å². The number of rotatable bonds is 6. The predicted octanol–water partition coefficient (Wildman–Crippen LogP) is 2.04. The van der Waals surface area contributed by atoms with Crippen molar-refractivity contribution in [2.24, 2.45) is 0 Å². The highest BCUT2D eigenvalue weighted by Gasteiger charge is 2.27. The van der Waals surface area contributed by atoms with Gasteiger partial charge in [-0.15, -0.1) is 0 Å². The Morgan fingerprint density at radius 2 is 1.71 bits per heavy atom. The minimum atomic E-state index is -0.821. The predicted molar refractivity (Wildman–Crippen MR) is 114 cm³/mol. The van der Waals surface area contributed by atoms with E-state index < -0.39 is 11.9 Å². The van der Waals surface area contributed by atoms with E-state index >= 15 is 0 Å². The van der Waals surface area contributed by atoms with Crippen LogP contribution in [0.25, 0.3) is 0 Å². The second-order valence-corrected chi connectivity index (χ2v) is 7.65. The Kier molecular flexibility index (Phi) is 7.46. The average Bonchev–Trinajstić information content (AvgIpc) is 2.73. The summed E-state index contributed by atoms with van der Waals surface area (Å²) in [5.41, 5.74) is 3.05. The Morgan fingerprint density at radius 3 is 2.32 bits per heavy atom. The molecule has 0 radical (unpaired) electrons. The summed E-state index contributed by atoms with van der Waals surface area (Å²) >= 11 is 0. The van der Waals surface area contributed by atoms with Crippen molar-refractivity contribution >= 4 is 11.9 Å². The number of carbonyl (C=O) groups is 2. The van der Waals surface area contributed by atoms with Crippen molar-refractivity contribution in [3.63, 3.8) is 0 Å². The molecule has 1 saturated heterocycles. The van der Waals surface area contributed by atoms with Gasteiger partial charge in [0.1, 0.15) is 18.6 Å². The van der Waals surface area contributed by atoms with Crippen LogP contribution in [0.3, 0.4) is 0 Å².